The molecule has 0 aromatic heterocycles. The molecule has 1 aliphatic carbocycles. The monoisotopic (exact) mass is 213 g/mol. The minimum atomic E-state index is 0.475. The van der Waals surface area contributed by atoms with E-state index in [1.807, 2.05) is 0 Å². The first-order chi connectivity index (χ1) is 7.85. The van der Waals surface area contributed by atoms with Gasteiger partial charge in [0.2, 0.25) is 0 Å². The minimum Gasteiger partial charge on any atom is -0.299 e. The van der Waals surface area contributed by atoms with Crippen molar-refractivity contribution in [2.75, 3.05) is 6.54 Å². The Hall–Kier alpha value is -1.26. The summed E-state index contributed by atoms with van der Waals surface area (Å²) in [5.74, 6) is 2.65. The molecule has 1 nitrogen and oxygen atoms in total. The lowest BCUT2D eigenvalue weighted by atomic mass is 10.0. The smallest absolute Gasteiger partial charge is 0.0578 e. The van der Waals surface area contributed by atoms with Gasteiger partial charge in [0.15, 0.2) is 0 Å². The molecule has 0 saturated heterocycles. The van der Waals surface area contributed by atoms with Crippen LogP contribution in [0.1, 0.15) is 42.5 Å². The number of aryl methyl sites for hydroxylation is 2. The zero-order chi connectivity index (χ0) is 11.4. The molecule has 0 aliphatic heterocycles. The van der Waals surface area contributed by atoms with Crippen LogP contribution < -0.4 is 5.32 Å². The van der Waals surface area contributed by atoms with E-state index in [0.717, 1.165) is 0 Å². The standard InChI is InChI=1S/C15H19N/c1-3-5-12-6-7-13-8-9-15(14(13)11-12)16-10-4-2/h2,6-7,11,15-16H,3,5,8-10H2,1H3/t15-/m1/s1. The van der Waals surface area contributed by atoms with Crippen LogP contribution in [0.4, 0.5) is 0 Å². The van der Waals surface area contributed by atoms with Crippen molar-refractivity contribution >= 4 is 0 Å². The molecule has 2 rings (SSSR count). The van der Waals surface area contributed by atoms with Crippen LogP contribution in [-0.2, 0) is 12.8 Å². The van der Waals surface area contributed by atoms with E-state index in [9.17, 15) is 0 Å². The summed E-state index contributed by atoms with van der Waals surface area (Å²) in [6.07, 6.45) is 10.0. The summed E-state index contributed by atoms with van der Waals surface area (Å²) < 4.78 is 0. The van der Waals surface area contributed by atoms with Crippen molar-refractivity contribution in [1.29, 1.82) is 0 Å². The molecule has 0 amide bonds. The second kappa shape index (κ2) is 5.18. The molecule has 0 radical (unpaired) electrons. The van der Waals surface area contributed by atoms with E-state index < -0.39 is 0 Å². The highest BCUT2D eigenvalue weighted by molar-refractivity contribution is 5.38. The molecule has 1 aromatic carbocycles. The van der Waals surface area contributed by atoms with Crippen LogP contribution in [0.2, 0.25) is 0 Å². The normalized spacial score (nSPS) is 18.1. The molecule has 1 N–H and O–H groups in total. The van der Waals surface area contributed by atoms with Crippen molar-refractivity contribution in [3.8, 4) is 12.3 Å². The largest absolute Gasteiger partial charge is 0.299 e. The lowest BCUT2D eigenvalue weighted by Crippen LogP contribution is -2.19. The molecule has 1 aliphatic rings. The molecule has 1 atom stereocenters. The maximum Gasteiger partial charge on any atom is 0.0578 e. The highest BCUT2D eigenvalue weighted by Crippen LogP contribution is 2.31. The predicted molar refractivity (Wildman–Crippen MR) is 68.3 cm³/mol. The molecular formula is C15H19N. The van der Waals surface area contributed by atoms with E-state index >= 15 is 0 Å². The molecule has 16 heavy (non-hydrogen) atoms. The Morgan fingerprint density at radius 2 is 2.38 bits per heavy atom. The first-order valence-electron chi connectivity index (χ1n) is 6.13. The molecule has 0 saturated carbocycles. The third-order valence-electron chi connectivity index (χ3n) is 3.28. The maximum absolute atomic E-state index is 5.29. The molecule has 1 aromatic rings. The summed E-state index contributed by atoms with van der Waals surface area (Å²) >= 11 is 0. The molecule has 0 fully saturated rings. The second-order valence-electron chi connectivity index (χ2n) is 4.46. The van der Waals surface area contributed by atoms with Crippen LogP contribution >= 0.6 is 0 Å². The average Bonchev–Trinajstić information content (AvgIpc) is 2.69. The quantitative estimate of drug-likeness (QED) is 0.758. The van der Waals surface area contributed by atoms with Gasteiger partial charge >= 0.3 is 0 Å². The zero-order valence-corrected chi connectivity index (χ0v) is 9.92. The van der Waals surface area contributed by atoms with Gasteiger partial charge in [0.25, 0.3) is 0 Å². The third-order valence-corrected chi connectivity index (χ3v) is 3.28. The Kier molecular flexibility index (Phi) is 3.64. The number of fused-ring (bicyclic) bond motifs is 1. The minimum absolute atomic E-state index is 0.475. The fourth-order valence-corrected chi connectivity index (χ4v) is 2.49. The predicted octanol–water partition coefficient (Wildman–Crippen LogP) is 2.85. The number of benzene rings is 1. The Balaban J connectivity index is 2.16. The molecule has 0 unspecified atom stereocenters. The molecule has 84 valence electrons. The number of hydrogen-bond donors (Lipinski definition) is 1. The molecule has 0 bridgehead atoms. The van der Waals surface area contributed by atoms with Crippen LogP contribution in [0.3, 0.4) is 0 Å². The summed E-state index contributed by atoms with van der Waals surface area (Å²) in [5.41, 5.74) is 4.42. The fraction of sp³-hybridized carbons (Fsp3) is 0.467. The summed E-state index contributed by atoms with van der Waals surface area (Å²) in [4.78, 5) is 0. The molecule has 0 heterocycles. The van der Waals surface area contributed by atoms with Gasteiger partial charge in [-0.1, -0.05) is 37.5 Å². The van der Waals surface area contributed by atoms with Crippen molar-refractivity contribution < 1.29 is 0 Å². The van der Waals surface area contributed by atoms with Crippen LogP contribution in [0.5, 0.6) is 0 Å². The van der Waals surface area contributed by atoms with E-state index in [-0.39, 0.29) is 0 Å². The SMILES string of the molecule is C#CCN[C@@H]1CCc2ccc(CCC)cc21. The van der Waals surface area contributed by atoms with Crippen LogP contribution in [-0.4, -0.2) is 6.54 Å². The fourth-order valence-electron chi connectivity index (χ4n) is 2.49. The summed E-state index contributed by atoms with van der Waals surface area (Å²) in [6.45, 7) is 2.89. The van der Waals surface area contributed by atoms with Crippen LogP contribution in [0.15, 0.2) is 18.2 Å². The van der Waals surface area contributed by atoms with Gasteiger partial charge in [-0.3, -0.25) is 5.32 Å². The number of hydrogen-bond acceptors (Lipinski definition) is 1. The van der Waals surface area contributed by atoms with Crippen molar-refractivity contribution in [3.63, 3.8) is 0 Å². The topological polar surface area (TPSA) is 12.0 Å². The number of rotatable bonds is 4. The Morgan fingerprint density at radius 1 is 1.50 bits per heavy atom. The highest BCUT2D eigenvalue weighted by Gasteiger charge is 2.21. The van der Waals surface area contributed by atoms with E-state index in [2.05, 4.69) is 36.4 Å². The van der Waals surface area contributed by atoms with Gasteiger partial charge in [0, 0.05) is 6.04 Å². The third kappa shape index (κ3) is 2.28. The average molecular weight is 213 g/mol. The lowest BCUT2D eigenvalue weighted by Gasteiger charge is -2.13. The Morgan fingerprint density at radius 3 is 3.12 bits per heavy atom. The van der Waals surface area contributed by atoms with Gasteiger partial charge in [-0.05, 0) is 36.0 Å². The molecule has 0 spiro atoms. The lowest BCUT2D eigenvalue weighted by molar-refractivity contribution is 0.568. The number of nitrogens with one attached hydrogen (secondary N) is 1. The summed E-state index contributed by atoms with van der Waals surface area (Å²) in [7, 11) is 0. The second-order valence-corrected chi connectivity index (χ2v) is 4.46. The first kappa shape index (κ1) is 11.2. The van der Waals surface area contributed by atoms with E-state index in [4.69, 9.17) is 6.42 Å². The van der Waals surface area contributed by atoms with Crippen LogP contribution in [0, 0.1) is 12.3 Å². The number of terminal acetylenes is 1. The maximum atomic E-state index is 5.29. The van der Waals surface area contributed by atoms with Gasteiger partial charge in [-0.15, -0.1) is 6.42 Å². The summed E-state index contributed by atoms with van der Waals surface area (Å²) in [6, 6.07) is 7.40. The van der Waals surface area contributed by atoms with Crippen LogP contribution in [0.25, 0.3) is 0 Å². The van der Waals surface area contributed by atoms with Gasteiger partial charge in [-0.25, -0.2) is 0 Å². The zero-order valence-electron chi connectivity index (χ0n) is 9.92. The molecule has 1 heteroatoms. The first-order valence-corrected chi connectivity index (χ1v) is 6.13. The van der Waals surface area contributed by atoms with E-state index in [1.54, 1.807) is 0 Å². The molecular weight excluding hydrogens is 194 g/mol. The highest BCUT2D eigenvalue weighted by atomic mass is 14.9. The van der Waals surface area contributed by atoms with Gasteiger partial charge in [0.1, 0.15) is 0 Å². The van der Waals surface area contributed by atoms with Crippen molar-refractivity contribution in [2.24, 2.45) is 0 Å². The van der Waals surface area contributed by atoms with Gasteiger partial charge < -0.3 is 0 Å². The van der Waals surface area contributed by atoms with Gasteiger partial charge in [0.05, 0.1) is 6.54 Å². The van der Waals surface area contributed by atoms with Crippen molar-refractivity contribution in [3.05, 3.63) is 34.9 Å². The Bertz CT molecular complexity index is 400. The summed E-state index contributed by atoms with van der Waals surface area (Å²) in [5, 5.41) is 3.42. The van der Waals surface area contributed by atoms with E-state index in [0.29, 0.717) is 12.6 Å². The van der Waals surface area contributed by atoms with Gasteiger partial charge in [-0.2, -0.15) is 0 Å². The Labute approximate surface area is 98.3 Å². The van der Waals surface area contributed by atoms with E-state index in [1.165, 1.54) is 42.4 Å². The van der Waals surface area contributed by atoms with Crippen molar-refractivity contribution in [2.45, 2.75) is 38.6 Å². The van der Waals surface area contributed by atoms with Crippen molar-refractivity contribution in [1.82, 2.24) is 5.32 Å².